The Balaban J connectivity index is 0.000000360. The lowest BCUT2D eigenvalue weighted by Crippen LogP contribution is -2.50. The zero-order valence-electron chi connectivity index (χ0n) is 45.5. The van der Waals surface area contributed by atoms with Crippen molar-refractivity contribution in [2.45, 2.75) is 155 Å². The first kappa shape index (κ1) is 59.1. The Kier molecular flexibility index (Phi) is 21.5. The van der Waals surface area contributed by atoms with Crippen LogP contribution in [0.2, 0.25) is 87.6 Å². The summed E-state index contributed by atoms with van der Waals surface area (Å²) in [5.41, 5.74) is 1.04. The number of aryl methyl sites for hydroxylation is 1. The van der Waals surface area contributed by atoms with Gasteiger partial charge in [0.05, 0.1) is 31.1 Å². The van der Waals surface area contributed by atoms with Crippen molar-refractivity contribution < 1.29 is 27.9 Å². The fourth-order valence-corrected chi connectivity index (χ4v) is 9.88. The summed E-state index contributed by atoms with van der Waals surface area (Å²) in [5.74, 6) is 0.619. The number of ether oxygens (including phenoxy) is 2. The molecule has 2 aromatic heterocycles. The minimum atomic E-state index is -1.85. The van der Waals surface area contributed by atoms with Crippen molar-refractivity contribution in [2.24, 2.45) is 0 Å². The predicted octanol–water partition coefficient (Wildman–Crippen LogP) is 7.66. The van der Waals surface area contributed by atoms with Crippen LogP contribution in [-0.2, 0) is 47.8 Å². The second kappa shape index (κ2) is 24.7. The Morgan fingerprint density at radius 1 is 0.603 bits per heavy atom. The van der Waals surface area contributed by atoms with Crippen molar-refractivity contribution in [1.82, 2.24) is 28.9 Å². The van der Waals surface area contributed by atoms with Crippen LogP contribution in [0.15, 0.2) is 28.1 Å². The van der Waals surface area contributed by atoms with E-state index in [1.807, 2.05) is 18.3 Å². The maximum Gasteiger partial charge on any atom is 0.295 e. The van der Waals surface area contributed by atoms with Gasteiger partial charge in [0, 0.05) is 88.6 Å². The van der Waals surface area contributed by atoms with Gasteiger partial charge in [-0.1, -0.05) is 86.9 Å². The Hall–Kier alpha value is -3.25. The van der Waals surface area contributed by atoms with E-state index in [9.17, 15) is 19.2 Å². The molecule has 386 valence electrons. The molecule has 2 amide bonds. The first-order valence-electron chi connectivity index (χ1n) is 24.5. The van der Waals surface area contributed by atoms with Gasteiger partial charge < -0.3 is 37.9 Å². The average Bonchev–Trinajstić information content (AvgIpc) is 3.21. The lowest BCUT2D eigenvalue weighted by Gasteiger charge is -2.36. The molecule has 0 bridgehead atoms. The Morgan fingerprint density at radius 3 is 1.49 bits per heavy atom. The molecule has 2 aliphatic heterocycles. The van der Waals surface area contributed by atoms with E-state index in [1.54, 1.807) is 49.0 Å². The zero-order valence-corrected chi connectivity index (χ0v) is 49.5. The van der Waals surface area contributed by atoms with E-state index in [2.05, 4.69) is 112 Å². The van der Waals surface area contributed by atoms with Crippen molar-refractivity contribution in [3.05, 3.63) is 50.6 Å². The molecule has 2 fully saturated rings. The molecule has 4 heterocycles. The van der Waals surface area contributed by atoms with Crippen molar-refractivity contribution >= 4 is 62.3 Å². The molecular weight excluding hydrogens is 929 g/mol. The van der Waals surface area contributed by atoms with Gasteiger partial charge in [-0.25, -0.2) is 9.97 Å². The topological polar surface area (TPSA) is 154 Å². The number of hydrogen-bond donors (Lipinski definition) is 0. The van der Waals surface area contributed by atoms with Crippen LogP contribution in [0.5, 0.6) is 0 Å². The van der Waals surface area contributed by atoms with Gasteiger partial charge >= 0.3 is 0 Å². The van der Waals surface area contributed by atoms with Gasteiger partial charge in [-0.3, -0.25) is 28.3 Å². The van der Waals surface area contributed by atoms with Crippen molar-refractivity contribution in [3.63, 3.8) is 0 Å². The molecule has 0 spiro atoms. The Morgan fingerprint density at radius 2 is 1.04 bits per heavy atom. The Labute approximate surface area is 413 Å². The van der Waals surface area contributed by atoms with Crippen LogP contribution in [-0.4, -0.2) is 153 Å². The molecule has 2 aromatic rings. The fourth-order valence-electron chi connectivity index (χ4n) is 6.33. The smallest absolute Gasteiger partial charge is 0.295 e. The number of carbonyl (C=O) groups is 2. The highest BCUT2D eigenvalue weighted by molar-refractivity contribution is 6.76. The second-order valence-corrected chi connectivity index (χ2v) is 44.8. The summed E-state index contributed by atoms with van der Waals surface area (Å²) in [5, 5.41) is 0.313. The summed E-state index contributed by atoms with van der Waals surface area (Å²) in [6.45, 7) is 41.6. The number of aromatic nitrogens is 4. The molecule has 0 aliphatic carbocycles. The molecule has 16 nitrogen and oxygen atoms in total. The first-order chi connectivity index (χ1) is 31.2. The molecule has 2 aliphatic rings. The third-order valence-corrected chi connectivity index (χ3v) is 25.9. The average molecular weight is 1020 g/mol. The van der Waals surface area contributed by atoms with Gasteiger partial charge in [0.15, 0.2) is 28.3 Å². The van der Waals surface area contributed by atoms with Gasteiger partial charge in [0.2, 0.25) is 11.8 Å². The minimum Gasteiger partial charge on any atom is -0.417 e. The zero-order chi connectivity index (χ0) is 51.5. The number of hydrogen-bond acceptors (Lipinski definition) is 12. The largest absolute Gasteiger partial charge is 0.417 e. The highest BCUT2D eigenvalue weighted by Crippen LogP contribution is 2.37. The molecule has 20 heteroatoms. The molecule has 68 heavy (non-hydrogen) atoms. The number of amides is 2. The van der Waals surface area contributed by atoms with Crippen LogP contribution in [0.25, 0.3) is 6.08 Å². The molecule has 0 saturated carbocycles. The summed E-state index contributed by atoms with van der Waals surface area (Å²) >= 11 is 0. The van der Waals surface area contributed by atoms with Gasteiger partial charge in [0.1, 0.15) is 13.5 Å². The quantitative estimate of drug-likeness (QED) is 0.0892. The summed E-state index contributed by atoms with van der Waals surface area (Å²) in [4.78, 5) is 67.2. The monoisotopic (exact) mass is 1020 g/mol. The third kappa shape index (κ3) is 18.8. The predicted molar refractivity (Wildman–Crippen MR) is 289 cm³/mol. The van der Waals surface area contributed by atoms with E-state index < -0.39 is 32.8 Å². The first-order valence-corrected chi connectivity index (χ1v) is 37.7. The van der Waals surface area contributed by atoms with Crippen molar-refractivity contribution in [1.29, 1.82) is 0 Å². The summed E-state index contributed by atoms with van der Waals surface area (Å²) in [6.07, 6.45) is 8.90. The van der Waals surface area contributed by atoms with Crippen LogP contribution in [0.3, 0.4) is 0 Å². The molecular formula is C48H90N8O8Si4. The normalized spacial score (nSPS) is 16.0. The minimum absolute atomic E-state index is 0.00133. The van der Waals surface area contributed by atoms with Crippen LogP contribution >= 0.6 is 0 Å². The molecule has 0 unspecified atom stereocenters. The number of anilines is 2. The van der Waals surface area contributed by atoms with Crippen LogP contribution in [0.1, 0.15) is 59.4 Å². The van der Waals surface area contributed by atoms with E-state index in [4.69, 9.17) is 23.3 Å². The summed E-state index contributed by atoms with van der Waals surface area (Å²) in [6, 6.07) is 2.08. The van der Waals surface area contributed by atoms with Crippen LogP contribution in [0.4, 0.5) is 11.6 Å². The summed E-state index contributed by atoms with van der Waals surface area (Å²) < 4.78 is 27.4. The Bertz CT molecular complexity index is 2120. The van der Waals surface area contributed by atoms with E-state index in [0.29, 0.717) is 76.4 Å². The number of rotatable bonds is 21. The number of carbonyl (C=O) groups excluding carboxylic acids is 2. The molecule has 0 radical (unpaired) electrons. The van der Waals surface area contributed by atoms with Gasteiger partial charge in [-0.15, -0.1) is 0 Å². The maximum absolute atomic E-state index is 13.2. The van der Waals surface area contributed by atoms with Gasteiger partial charge in [-0.2, -0.15) is 0 Å². The van der Waals surface area contributed by atoms with Gasteiger partial charge in [0.25, 0.3) is 11.1 Å². The maximum atomic E-state index is 13.2. The standard InChI is InChI=1S/C24H46N4O4Si2.C24H44N4O4Si2/c2*1-24(2,3)34(8,9)32-14-10-11-20-17-28(19-31-15-16-33(5,6)7)23(30)22(25-20)27-13-12-26(4)21(29)18-27/h17H,10-16,18-19H2,1-9H3;10-11,17H,12-16,18-19H2,1-9H3/b;11-10+. The number of nitrogens with zero attached hydrogens (tertiary/aromatic N) is 8. The molecule has 0 aromatic carbocycles. The fraction of sp³-hybridized carbons (Fsp3) is 0.750. The third-order valence-electron chi connectivity index (χ3n) is 13.4. The van der Waals surface area contributed by atoms with Crippen molar-refractivity contribution in [2.75, 3.05) is 89.6 Å². The summed E-state index contributed by atoms with van der Waals surface area (Å²) in [7, 11) is -2.50. The van der Waals surface area contributed by atoms with Crippen molar-refractivity contribution in [3.8, 4) is 0 Å². The van der Waals surface area contributed by atoms with E-state index in [1.165, 1.54) is 0 Å². The lowest BCUT2D eigenvalue weighted by atomic mass is 10.2. The second-order valence-electron chi connectivity index (χ2n) is 24.0. The van der Waals surface area contributed by atoms with E-state index in [0.717, 1.165) is 24.2 Å². The number of piperazine rings is 2. The van der Waals surface area contributed by atoms with Crippen LogP contribution < -0.4 is 20.9 Å². The molecule has 4 rings (SSSR count). The number of likely N-dealkylation sites (N-methyl/N-ethyl adjacent to an activating group) is 2. The van der Waals surface area contributed by atoms with E-state index >= 15 is 0 Å². The SMILES string of the molecule is CN1CCN(c2nc(/C=C/CO[Si](C)(C)C(C)(C)C)cn(COCC[Si](C)(C)C)c2=O)CC1=O.CN1CCN(c2nc(CCCO[Si](C)(C)C(C)(C)C)cn(COCC[Si](C)(C)C)c2=O)CC1=O. The highest BCUT2D eigenvalue weighted by Gasteiger charge is 2.38. The van der Waals surface area contributed by atoms with Crippen LogP contribution in [0, 0.1) is 0 Å². The van der Waals surface area contributed by atoms with E-state index in [-0.39, 0.29) is 59.6 Å². The molecule has 2 saturated heterocycles. The van der Waals surface area contributed by atoms with Gasteiger partial charge in [-0.05, 0) is 67.3 Å². The molecule has 0 N–H and O–H groups in total. The lowest BCUT2D eigenvalue weighted by molar-refractivity contribution is -0.130. The molecule has 0 atom stereocenters. The highest BCUT2D eigenvalue weighted by atomic mass is 28.4.